The normalized spacial score (nSPS) is 16.2. The number of thiocarbonyl (C=S) groups is 1. The quantitative estimate of drug-likeness (QED) is 0.288. The Morgan fingerprint density at radius 1 is 1.14 bits per heavy atom. The molecule has 0 aliphatic carbocycles. The molecule has 0 fully saturated rings. The van der Waals surface area contributed by atoms with Gasteiger partial charge in [-0.1, -0.05) is 60.1 Å². The number of aromatic nitrogens is 2. The average molecular weight is 491 g/mol. The topological polar surface area (TPSA) is 63.4 Å². The molecule has 3 aromatic rings. The molecule has 1 unspecified atom stereocenters. The van der Waals surface area contributed by atoms with Crippen LogP contribution in [0.3, 0.4) is 0 Å². The minimum absolute atomic E-state index is 0.178. The van der Waals surface area contributed by atoms with Gasteiger partial charge in [-0.25, -0.2) is 0 Å². The summed E-state index contributed by atoms with van der Waals surface area (Å²) in [5, 5.41) is 8.54. The zero-order valence-corrected chi connectivity index (χ0v) is 22.0. The summed E-state index contributed by atoms with van der Waals surface area (Å²) < 4.78 is 11.6. The Bertz CT molecular complexity index is 1200. The molecular weight excluding hydrogens is 456 g/mol. The first-order valence-corrected chi connectivity index (χ1v) is 12.7. The molecule has 35 heavy (non-hydrogen) atoms. The SMILES string of the molecule is CCc1ccc(C2NC(=S)N(CCCOC(C)C)C(C)=C2c2nc(-c3cccc(C)c3)no2)cc1. The fourth-order valence-corrected chi connectivity index (χ4v) is 4.65. The highest BCUT2D eigenvalue weighted by atomic mass is 32.1. The van der Waals surface area contributed by atoms with Gasteiger partial charge in [-0.3, -0.25) is 0 Å². The number of aryl methyl sites for hydroxylation is 2. The highest BCUT2D eigenvalue weighted by Gasteiger charge is 2.34. The van der Waals surface area contributed by atoms with Crippen LogP contribution in [0.15, 0.2) is 58.8 Å². The Labute approximate surface area is 213 Å². The van der Waals surface area contributed by atoms with E-state index in [4.69, 9.17) is 26.5 Å². The molecule has 6 nitrogen and oxygen atoms in total. The van der Waals surface area contributed by atoms with Gasteiger partial charge in [-0.2, -0.15) is 4.98 Å². The van der Waals surface area contributed by atoms with Gasteiger partial charge < -0.3 is 19.5 Å². The molecule has 1 aliphatic rings. The molecular formula is C28H34N4O2S. The van der Waals surface area contributed by atoms with Crippen LogP contribution in [-0.2, 0) is 11.2 Å². The van der Waals surface area contributed by atoms with Crippen molar-refractivity contribution in [2.24, 2.45) is 0 Å². The van der Waals surface area contributed by atoms with Gasteiger partial charge >= 0.3 is 0 Å². The molecule has 1 aliphatic heterocycles. The van der Waals surface area contributed by atoms with E-state index in [1.54, 1.807) is 0 Å². The van der Waals surface area contributed by atoms with Crippen molar-refractivity contribution in [2.45, 2.75) is 59.6 Å². The molecule has 0 spiro atoms. The van der Waals surface area contributed by atoms with Crippen molar-refractivity contribution in [3.8, 4) is 11.4 Å². The molecule has 2 aromatic carbocycles. The van der Waals surface area contributed by atoms with Crippen molar-refractivity contribution in [3.63, 3.8) is 0 Å². The van der Waals surface area contributed by atoms with Crippen molar-refractivity contribution in [3.05, 3.63) is 76.8 Å². The summed E-state index contributed by atoms with van der Waals surface area (Å²) in [5.74, 6) is 1.08. The smallest absolute Gasteiger partial charge is 0.258 e. The third-order valence-electron chi connectivity index (χ3n) is 6.23. The molecule has 1 aromatic heterocycles. The van der Waals surface area contributed by atoms with Crippen LogP contribution in [0.4, 0.5) is 0 Å². The number of rotatable bonds is 9. The van der Waals surface area contributed by atoms with Crippen LogP contribution in [0.25, 0.3) is 17.0 Å². The van der Waals surface area contributed by atoms with Crippen LogP contribution < -0.4 is 5.32 Å². The maximum atomic E-state index is 5.85. The Balaban J connectivity index is 1.71. The van der Waals surface area contributed by atoms with E-state index < -0.39 is 0 Å². The first-order chi connectivity index (χ1) is 16.9. The fourth-order valence-electron chi connectivity index (χ4n) is 4.30. The van der Waals surface area contributed by atoms with Crippen LogP contribution in [0.1, 0.15) is 62.7 Å². The number of allylic oxidation sites excluding steroid dienone is 1. The van der Waals surface area contributed by atoms with E-state index in [1.165, 1.54) is 5.56 Å². The Kier molecular flexibility index (Phi) is 7.98. The predicted octanol–water partition coefficient (Wildman–Crippen LogP) is 6.08. The number of nitrogens with zero attached hydrogens (tertiary/aromatic N) is 3. The second kappa shape index (κ2) is 11.1. The molecule has 0 radical (unpaired) electrons. The van der Waals surface area contributed by atoms with E-state index in [0.717, 1.165) is 47.3 Å². The first kappa shape index (κ1) is 25.1. The minimum Gasteiger partial charge on any atom is -0.379 e. The van der Waals surface area contributed by atoms with Crippen LogP contribution in [0.2, 0.25) is 0 Å². The fraction of sp³-hybridized carbons (Fsp3) is 0.393. The van der Waals surface area contributed by atoms with Gasteiger partial charge in [0.25, 0.3) is 5.89 Å². The summed E-state index contributed by atoms with van der Waals surface area (Å²) in [5.41, 5.74) is 6.45. The molecule has 7 heteroatoms. The van der Waals surface area contributed by atoms with Gasteiger partial charge in [-0.15, -0.1) is 0 Å². The molecule has 0 saturated heterocycles. The Hall–Kier alpha value is -3.03. The molecule has 0 amide bonds. The summed E-state index contributed by atoms with van der Waals surface area (Å²) in [4.78, 5) is 6.93. The predicted molar refractivity (Wildman–Crippen MR) is 144 cm³/mol. The van der Waals surface area contributed by atoms with Crippen LogP contribution >= 0.6 is 12.2 Å². The number of nitrogens with one attached hydrogen (secondary N) is 1. The molecule has 0 bridgehead atoms. The Morgan fingerprint density at radius 2 is 1.91 bits per heavy atom. The van der Waals surface area contributed by atoms with Gasteiger partial charge in [0.05, 0.1) is 17.7 Å². The zero-order chi connectivity index (χ0) is 24.9. The highest BCUT2D eigenvalue weighted by Crippen LogP contribution is 2.37. The summed E-state index contributed by atoms with van der Waals surface area (Å²) in [6.45, 7) is 11.8. The monoisotopic (exact) mass is 490 g/mol. The molecule has 1 N–H and O–H groups in total. The summed E-state index contributed by atoms with van der Waals surface area (Å²) in [6, 6.07) is 16.6. The first-order valence-electron chi connectivity index (χ1n) is 12.3. The zero-order valence-electron chi connectivity index (χ0n) is 21.2. The van der Waals surface area contributed by atoms with Crippen molar-refractivity contribution in [1.82, 2.24) is 20.4 Å². The summed E-state index contributed by atoms with van der Waals surface area (Å²) in [6.07, 6.45) is 2.06. The van der Waals surface area contributed by atoms with Crippen molar-refractivity contribution < 1.29 is 9.26 Å². The number of hydrogen-bond donors (Lipinski definition) is 1. The van der Waals surface area contributed by atoms with Gasteiger partial charge in [0.1, 0.15) is 0 Å². The van der Waals surface area contributed by atoms with Crippen molar-refractivity contribution >= 4 is 22.9 Å². The molecule has 1 atom stereocenters. The number of benzene rings is 2. The maximum Gasteiger partial charge on any atom is 0.258 e. The van der Waals surface area contributed by atoms with Gasteiger partial charge in [0, 0.05) is 24.4 Å². The standard InChI is InChI=1S/C28H34N4O2S/c1-6-21-11-13-22(14-12-21)25-24(20(5)32(28(35)29-25)15-8-16-33-18(2)3)27-30-26(31-34-27)23-10-7-9-19(4)17-23/h7,9-14,17-18,25H,6,8,15-16H2,1-5H3,(H,29,35). The lowest BCUT2D eigenvalue weighted by atomic mass is 9.94. The third-order valence-corrected chi connectivity index (χ3v) is 6.57. The summed E-state index contributed by atoms with van der Waals surface area (Å²) >= 11 is 5.80. The van der Waals surface area contributed by atoms with Crippen LogP contribution in [0.5, 0.6) is 0 Å². The van der Waals surface area contributed by atoms with Gasteiger partial charge in [-0.05, 0) is 69.9 Å². The largest absolute Gasteiger partial charge is 0.379 e. The summed E-state index contributed by atoms with van der Waals surface area (Å²) in [7, 11) is 0. The van der Waals surface area contributed by atoms with Crippen molar-refractivity contribution in [2.75, 3.05) is 13.2 Å². The average Bonchev–Trinajstić information content (AvgIpc) is 3.33. The second-order valence-electron chi connectivity index (χ2n) is 9.19. The van der Waals surface area contributed by atoms with Crippen LogP contribution in [-0.4, -0.2) is 39.4 Å². The lowest BCUT2D eigenvalue weighted by Gasteiger charge is -2.37. The molecule has 4 rings (SSSR count). The molecule has 184 valence electrons. The lowest BCUT2D eigenvalue weighted by Crippen LogP contribution is -2.46. The van der Waals surface area contributed by atoms with Gasteiger partial charge in [0.15, 0.2) is 5.11 Å². The van der Waals surface area contributed by atoms with Crippen molar-refractivity contribution in [1.29, 1.82) is 0 Å². The Morgan fingerprint density at radius 3 is 2.60 bits per heavy atom. The molecule has 2 heterocycles. The third kappa shape index (κ3) is 5.80. The van der Waals surface area contributed by atoms with E-state index in [2.05, 4.69) is 72.5 Å². The van der Waals surface area contributed by atoms with E-state index in [0.29, 0.717) is 23.4 Å². The lowest BCUT2D eigenvalue weighted by molar-refractivity contribution is 0.0749. The minimum atomic E-state index is -0.178. The van der Waals surface area contributed by atoms with E-state index in [9.17, 15) is 0 Å². The highest BCUT2D eigenvalue weighted by molar-refractivity contribution is 7.80. The van der Waals surface area contributed by atoms with Gasteiger partial charge in [0.2, 0.25) is 5.82 Å². The van der Waals surface area contributed by atoms with E-state index in [1.807, 2.05) is 26.0 Å². The molecule has 0 saturated carbocycles. The number of hydrogen-bond acceptors (Lipinski definition) is 5. The van der Waals surface area contributed by atoms with E-state index in [-0.39, 0.29) is 12.1 Å². The number of ether oxygens (including phenoxy) is 1. The maximum absolute atomic E-state index is 5.85. The van der Waals surface area contributed by atoms with Crippen LogP contribution in [0, 0.1) is 6.92 Å². The van der Waals surface area contributed by atoms with E-state index >= 15 is 0 Å². The second-order valence-corrected chi connectivity index (χ2v) is 9.58.